The molecule has 0 heterocycles. The molecule has 1 heteroatoms. The molecule has 0 aliphatic heterocycles. The highest BCUT2D eigenvalue weighted by atomic mass is 79.9. The standard InChI is InChI=1S/C19H25Br/c1-19(2)15-8-4-3-6-12(15)13-10-11-17(20)14-7-5-9-16(19)18(13)14/h4-5,8-9,13-14,16-18H,3,6-7,10-11H2,1-2H3. The van der Waals surface area contributed by atoms with Crippen LogP contribution in [0.2, 0.25) is 0 Å². The van der Waals surface area contributed by atoms with Crippen molar-refractivity contribution in [1.29, 1.82) is 0 Å². The fourth-order valence-electron chi connectivity index (χ4n) is 5.62. The van der Waals surface area contributed by atoms with Crippen LogP contribution in [0, 0.1) is 29.1 Å². The minimum absolute atomic E-state index is 0.326. The lowest BCUT2D eigenvalue weighted by Gasteiger charge is -2.56. The summed E-state index contributed by atoms with van der Waals surface area (Å²) in [5, 5.41) is 0. The summed E-state index contributed by atoms with van der Waals surface area (Å²) in [7, 11) is 0. The largest absolute Gasteiger partial charge is 0.0887 e. The van der Waals surface area contributed by atoms with E-state index in [9.17, 15) is 0 Å². The van der Waals surface area contributed by atoms with Crippen LogP contribution in [0.3, 0.4) is 0 Å². The quantitative estimate of drug-likeness (QED) is 0.397. The predicted octanol–water partition coefficient (Wildman–Crippen LogP) is 5.65. The summed E-state index contributed by atoms with van der Waals surface area (Å²) in [6.07, 6.45) is 16.6. The first-order valence-electron chi connectivity index (χ1n) is 8.31. The molecule has 5 unspecified atom stereocenters. The van der Waals surface area contributed by atoms with Gasteiger partial charge in [-0.1, -0.05) is 59.7 Å². The average molecular weight is 333 g/mol. The Balaban J connectivity index is 1.87. The van der Waals surface area contributed by atoms with E-state index in [2.05, 4.69) is 54.1 Å². The highest BCUT2D eigenvalue weighted by molar-refractivity contribution is 9.09. The lowest BCUT2D eigenvalue weighted by Crippen LogP contribution is -2.50. The van der Waals surface area contributed by atoms with Crippen LogP contribution in [0.5, 0.6) is 0 Å². The predicted molar refractivity (Wildman–Crippen MR) is 88.8 cm³/mol. The molecule has 0 aromatic rings. The number of hydrogen-bond donors (Lipinski definition) is 0. The Morgan fingerprint density at radius 1 is 1.20 bits per heavy atom. The SMILES string of the molecule is CC1(C)C2=C(CCC=C2)C2CCC(Br)C3CC=CC1C23. The number of fused-ring (bicyclic) bond motifs is 1. The third kappa shape index (κ3) is 1.71. The van der Waals surface area contributed by atoms with Crippen LogP contribution in [-0.2, 0) is 0 Å². The van der Waals surface area contributed by atoms with Crippen LogP contribution in [0.25, 0.3) is 0 Å². The lowest BCUT2D eigenvalue weighted by atomic mass is 9.49. The van der Waals surface area contributed by atoms with Gasteiger partial charge < -0.3 is 0 Å². The molecule has 0 aromatic heterocycles. The molecule has 20 heavy (non-hydrogen) atoms. The summed E-state index contributed by atoms with van der Waals surface area (Å²) in [5.74, 6) is 3.37. The van der Waals surface area contributed by atoms with Gasteiger partial charge in [0, 0.05) is 4.83 Å². The van der Waals surface area contributed by atoms with Gasteiger partial charge in [-0.05, 0) is 66.8 Å². The molecule has 0 aromatic carbocycles. The number of allylic oxidation sites excluding steroid dienone is 6. The van der Waals surface area contributed by atoms with Crippen molar-refractivity contribution in [2.45, 2.75) is 50.8 Å². The van der Waals surface area contributed by atoms with Gasteiger partial charge in [0.2, 0.25) is 0 Å². The van der Waals surface area contributed by atoms with Gasteiger partial charge >= 0.3 is 0 Å². The minimum Gasteiger partial charge on any atom is -0.0887 e. The summed E-state index contributed by atoms with van der Waals surface area (Å²) in [6.45, 7) is 4.98. The molecule has 0 radical (unpaired) electrons. The van der Waals surface area contributed by atoms with Gasteiger partial charge in [0.15, 0.2) is 0 Å². The summed E-state index contributed by atoms with van der Waals surface area (Å²) in [6, 6.07) is 0. The zero-order valence-electron chi connectivity index (χ0n) is 12.6. The third-order valence-corrected chi connectivity index (χ3v) is 7.67. The van der Waals surface area contributed by atoms with Gasteiger partial charge in [0.25, 0.3) is 0 Å². The van der Waals surface area contributed by atoms with E-state index in [1.807, 2.05) is 5.57 Å². The van der Waals surface area contributed by atoms with Crippen molar-refractivity contribution in [1.82, 2.24) is 0 Å². The van der Waals surface area contributed by atoms with Crippen LogP contribution in [-0.4, -0.2) is 4.83 Å². The maximum atomic E-state index is 4.00. The van der Waals surface area contributed by atoms with E-state index in [0.717, 1.165) is 28.5 Å². The molecule has 0 N–H and O–H groups in total. The summed E-state index contributed by atoms with van der Waals surface area (Å²) in [4.78, 5) is 0.744. The van der Waals surface area contributed by atoms with E-state index in [1.54, 1.807) is 5.57 Å². The van der Waals surface area contributed by atoms with Gasteiger partial charge in [0.1, 0.15) is 0 Å². The smallest absolute Gasteiger partial charge is 0.0180 e. The van der Waals surface area contributed by atoms with Crippen molar-refractivity contribution >= 4 is 15.9 Å². The lowest BCUT2D eigenvalue weighted by molar-refractivity contribution is 0.0578. The molecule has 0 nitrogen and oxygen atoms in total. The molecule has 1 saturated carbocycles. The first-order valence-corrected chi connectivity index (χ1v) is 9.23. The van der Waals surface area contributed by atoms with Gasteiger partial charge in [-0.2, -0.15) is 0 Å². The summed E-state index contributed by atoms with van der Waals surface area (Å²) in [5.41, 5.74) is 3.85. The second-order valence-corrected chi connectivity index (χ2v) is 8.91. The van der Waals surface area contributed by atoms with Crippen molar-refractivity contribution in [3.63, 3.8) is 0 Å². The summed E-state index contributed by atoms with van der Waals surface area (Å²) < 4.78 is 0. The number of alkyl halides is 1. The molecule has 0 bridgehead atoms. The molecule has 0 spiro atoms. The fourth-order valence-corrected chi connectivity index (χ4v) is 6.45. The van der Waals surface area contributed by atoms with E-state index in [0.29, 0.717) is 5.41 Å². The second-order valence-electron chi connectivity index (χ2n) is 7.73. The van der Waals surface area contributed by atoms with Crippen molar-refractivity contribution in [2.75, 3.05) is 0 Å². The molecule has 4 aliphatic rings. The molecule has 4 rings (SSSR count). The van der Waals surface area contributed by atoms with E-state index in [4.69, 9.17) is 0 Å². The first kappa shape index (κ1) is 13.4. The van der Waals surface area contributed by atoms with Gasteiger partial charge in [0.05, 0.1) is 0 Å². The zero-order chi connectivity index (χ0) is 13.9. The second kappa shape index (κ2) is 4.60. The zero-order valence-corrected chi connectivity index (χ0v) is 14.2. The van der Waals surface area contributed by atoms with Crippen LogP contribution >= 0.6 is 15.9 Å². The number of rotatable bonds is 0. The van der Waals surface area contributed by atoms with E-state index >= 15 is 0 Å². The van der Waals surface area contributed by atoms with E-state index in [1.165, 1.54) is 32.1 Å². The maximum Gasteiger partial charge on any atom is 0.0180 e. The minimum atomic E-state index is 0.326. The Morgan fingerprint density at radius 3 is 2.90 bits per heavy atom. The normalized spacial score (nSPS) is 45.0. The van der Waals surface area contributed by atoms with Crippen molar-refractivity contribution in [3.05, 3.63) is 35.5 Å². The van der Waals surface area contributed by atoms with E-state index < -0.39 is 0 Å². The monoisotopic (exact) mass is 332 g/mol. The third-order valence-electron chi connectivity index (χ3n) is 6.53. The van der Waals surface area contributed by atoms with Crippen LogP contribution in [0.15, 0.2) is 35.5 Å². The Hall–Kier alpha value is -0.300. The Labute approximate surface area is 131 Å². The fraction of sp³-hybridized carbons (Fsp3) is 0.684. The van der Waals surface area contributed by atoms with Gasteiger partial charge in [-0.15, -0.1) is 0 Å². The molecular formula is C19H25Br. The molecular weight excluding hydrogens is 308 g/mol. The van der Waals surface area contributed by atoms with Gasteiger partial charge in [-0.3, -0.25) is 0 Å². The Bertz CT molecular complexity index is 508. The van der Waals surface area contributed by atoms with E-state index in [-0.39, 0.29) is 0 Å². The van der Waals surface area contributed by atoms with Crippen molar-refractivity contribution < 1.29 is 0 Å². The molecule has 0 saturated heterocycles. The molecule has 0 amide bonds. The average Bonchev–Trinajstić information content (AvgIpc) is 2.46. The van der Waals surface area contributed by atoms with Crippen LogP contribution < -0.4 is 0 Å². The summed E-state index contributed by atoms with van der Waals surface area (Å²) >= 11 is 4.00. The molecule has 4 aliphatic carbocycles. The number of halogens is 1. The highest BCUT2D eigenvalue weighted by Gasteiger charge is 2.53. The van der Waals surface area contributed by atoms with Crippen LogP contribution in [0.4, 0.5) is 0 Å². The molecule has 1 fully saturated rings. The Morgan fingerprint density at radius 2 is 2.05 bits per heavy atom. The molecule has 5 atom stereocenters. The van der Waals surface area contributed by atoms with Crippen LogP contribution in [0.1, 0.15) is 46.0 Å². The van der Waals surface area contributed by atoms with Crippen molar-refractivity contribution in [2.24, 2.45) is 29.1 Å². The van der Waals surface area contributed by atoms with Crippen molar-refractivity contribution in [3.8, 4) is 0 Å². The topological polar surface area (TPSA) is 0 Å². The van der Waals surface area contributed by atoms with Gasteiger partial charge in [-0.25, -0.2) is 0 Å². The first-order chi connectivity index (χ1) is 9.60. The highest BCUT2D eigenvalue weighted by Crippen LogP contribution is 2.61. The Kier molecular flexibility index (Phi) is 3.07. The molecule has 108 valence electrons. The number of hydrogen-bond acceptors (Lipinski definition) is 0. The maximum absolute atomic E-state index is 4.00.